The summed E-state index contributed by atoms with van der Waals surface area (Å²) in [4.78, 5) is 1.29. The van der Waals surface area contributed by atoms with E-state index in [1.54, 1.807) is 11.8 Å². The minimum Gasteiger partial charge on any atom is -0.313 e. The van der Waals surface area contributed by atoms with E-state index < -0.39 is 0 Å². The SMILES string of the molecule is CCNCc1ccc(SC)c(Br)c1. The van der Waals surface area contributed by atoms with Crippen molar-refractivity contribution in [2.45, 2.75) is 18.4 Å². The van der Waals surface area contributed by atoms with Crippen molar-refractivity contribution in [2.75, 3.05) is 12.8 Å². The normalized spacial score (nSPS) is 10.4. The fraction of sp³-hybridized carbons (Fsp3) is 0.400. The monoisotopic (exact) mass is 259 g/mol. The van der Waals surface area contributed by atoms with Gasteiger partial charge in [0.1, 0.15) is 0 Å². The molecule has 0 atom stereocenters. The Bertz CT molecular complexity index is 276. The van der Waals surface area contributed by atoms with Crippen LogP contribution in [0.2, 0.25) is 0 Å². The molecule has 0 radical (unpaired) electrons. The van der Waals surface area contributed by atoms with Crippen molar-refractivity contribution in [2.24, 2.45) is 0 Å². The maximum Gasteiger partial charge on any atom is 0.0314 e. The molecular weight excluding hydrogens is 246 g/mol. The van der Waals surface area contributed by atoms with Crippen LogP contribution < -0.4 is 5.32 Å². The van der Waals surface area contributed by atoms with Gasteiger partial charge < -0.3 is 5.32 Å². The Balaban J connectivity index is 2.71. The molecule has 1 aromatic rings. The molecule has 0 saturated heterocycles. The summed E-state index contributed by atoms with van der Waals surface area (Å²) in [5, 5.41) is 3.30. The lowest BCUT2D eigenvalue weighted by molar-refractivity contribution is 0.726. The van der Waals surface area contributed by atoms with Gasteiger partial charge in [-0.05, 0) is 46.4 Å². The van der Waals surface area contributed by atoms with Gasteiger partial charge in [0.05, 0.1) is 0 Å². The molecule has 3 heteroatoms. The van der Waals surface area contributed by atoms with E-state index in [-0.39, 0.29) is 0 Å². The first kappa shape index (κ1) is 11.1. The van der Waals surface area contributed by atoms with E-state index >= 15 is 0 Å². The van der Waals surface area contributed by atoms with Crippen LogP contribution >= 0.6 is 27.7 Å². The number of hydrogen-bond acceptors (Lipinski definition) is 2. The van der Waals surface area contributed by atoms with Crippen LogP contribution in [0.4, 0.5) is 0 Å². The molecule has 1 nitrogen and oxygen atoms in total. The summed E-state index contributed by atoms with van der Waals surface area (Å²) in [6.45, 7) is 4.08. The van der Waals surface area contributed by atoms with Crippen LogP contribution in [0.25, 0.3) is 0 Å². The second kappa shape index (κ2) is 5.68. The quantitative estimate of drug-likeness (QED) is 0.834. The molecule has 0 fully saturated rings. The van der Waals surface area contributed by atoms with E-state index in [2.05, 4.69) is 52.6 Å². The van der Waals surface area contributed by atoms with Crippen LogP contribution in [-0.2, 0) is 6.54 Å². The third-order valence-electron chi connectivity index (χ3n) is 1.80. The average Bonchev–Trinajstić information content (AvgIpc) is 2.15. The van der Waals surface area contributed by atoms with Gasteiger partial charge >= 0.3 is 0 Å². The summed E-state index contributed by atoms with van der Waals surface area (Å²) < 4.78 is 1.19. The first-order valence-electron chi connectivity index (χ1n) is 4.31. The largest absolute Gasteiger partial charge is 0.313 e. The van der Waals surface area contributed by atoms with Crippen LogP contribution in [0.5, 0.6) is 0 Å². The summed E-state index contributed by atoms with van der Waals surface area (Å²) in [5.74, 6) is 0. The summed E-state index contributed by atoms with van der Waals surface area (Å²) in [6, 6.07) is 6.50. The summed E-state index contributed by atoms with van der Waals surface area (Å²) in [6.07, 6.45) is 2.09. The number of benzene rings is 1. The third-order valence-corrected chi connectivity index (χ3v) is 3.51. The van der Waals surface area contributed by atoms with Crippen molar-refractivity contribution in [1.82, 2.24) is 5.32 Å². The van der Waals surface area contributed by atoms with Gasteiger partial charge in [-0.1, -0.05) is 13.0 Å². The lowest BCUT2D eigenvalue weighted by atomic mass is 10.2. The number of rotatable bonds is 4. The van der Waals surface area contributed by atoms with Crippen LogP contribution in [0.15, 0.2) is 27.6 Å². The van der Waals surface area contributed by atoms with Gasteiger partial charge in [-0.25, -0.2) is 0 Å². The number of hydrogen-bond donors (Lipinski definition) is 1. The predicted molar refractivity (Wildman–Crippen MR) is 63.3 cm³/mol. The fourth-order valence-electron chi connectivity index (χ4n) is 1.09. The topological polar surface area (TPSA) is 12.0 Å². The second-order valence-electron chi connectivity index (χ2n) is 2.75. The maximum atomic E-state index is 3.55. The van der Waals surface area contributed by atoms with Crippen molar-refractivity contribution in [3.8, 4) is 0 Å². The Kier molecular flexibility index (Phi) is 4.84. The maximum absolute atomic E-state index is 3.55. The molecule has 0 aliphatic carbocycles. The molecule has 0 aliphatic heterocycles. The smallest absolute Gasteiger partial charge is 0.0314 e. The Morgan fingerprint density at radius 3 is 2.77 bits per heavy atom. The van der Waals surface area contributed by atoms with E-state index in [1.165, 1.54) is 14.9 Å². The van der Waals surface area contributed by atoms with Crippen molar-refractivity contribution in [3.05, 3.63) is 28.2 Å². The molecule has 1 rings (SSSR count). The molecule has 0 spiro atoms. The Morgan fingerprint density at radius 2 is 2.23 bits per heavy atom. The molecule has 13 heavy (non-hydrogen) atoms. The van der Waals surface area contributed by atoms with Gasteiger partial charge in [-0.15, -0.1) is 11.8 Å². The van der Waals surface area contributed by atoms with E-state index in [9.17, 15) is 0 Å². The highest BCUT2D eigenvalue weighted by Crippen LogP contribution is 2.26. The number of thioether (sulfide) groups is 1. The zero-order chi connectivity index (χ0) is 9.68. The van der Waals surface area contributed by atoms with Crippen molar-refractivity contribution in [3.63, 3.8) is 0 Å². The molecule has 0 aliphatic rings. The fourth-order valence-corrected chi connectivity index (χ4v) is 2.46. The van der Waals surface area contributed by atoms with Crippen LogP contribution in [-0.4, -0.2) is 12.8 Å². The molecule has 1 N–H and O–H groups in total. The summed E-state index contributed by atoms with van der Waals surface area (Å²) in [5.41, 5.74) is 1.33. The lowest BCUT2D eigenvalue weighted by Gasteiger charge is -2.05. The first-order chi connectivity index (χ1) is 6.27. The van der Waals surface area contributed by atoms with Gasteiger partial charge in [0.25, 0.3) is 0 Å². The van der Waals surface area contributed by atoms with E-state index in [0.29, 0.717) is 0 Å². The first-order valence-corrected chi connectivity index (χ1v) is 6.32. The standard InChI is InChI=1S/C10H14BrNS/c1-3-12-7-8-4-5-10(13-2)9(11)6-8/h4-6,12H,3,7H2,1-2H3. The van der Waals surface area contributed by atoms with Gasteiger partial charge in [-0.2, -0.15) is 0 Å². The Labute approximate surface area is 92.4 Å². The number of nitrogens with one attached hydrogen (secondary N) is 1. The molecule has 0 aromatic heterocycles. The summed E-state index contributed by atoms with van der Waals surface area (Å²) >= 11 is 5.31. The molecular formula is C10H14BrNS. The zero-order valence-electron chi connectivity index (χ0n) is 7.93. The number of halogens is 1. The molecule has 0 saturated carbocycles. The third kappa shape index (κ3) is 3.33. The Morgan fingerprint density at radius 1 is 1.46 bits per heavy atom. The second-order valence-corrected chi connectivity index (χ2v) is 4.45. The highest BCUT2D eigenvalue weighted by atomic mass is 79.9. The van der Waals surface area contributed by atoms with Crippen LogP contribution in [0.1, 0.15) is 12.5 Å². The lowest BCUT2D eigenvalue weighted by Crippen LogP contribution is -2.11. The zero-order valence-corrected chi connectivity index (χ0v) is 10.3. The van der Waals surface area contributed by atoms with Gasteiger partial charge in [0.2, 0.25) is 0 Å². The van der Waals surface area contributed by atoms with Crippen LogP contribution in [0.3, 0.4) is 0 Å². The van der Waals surface area contributed by atoms with Crippen molar-refractivity contribution in [1.29, 1.82) is 0 Å². The molecule has 0 amide bonds. The highest BCUT2D eigenvalue weighted by Gasteiger charge is 1.99. The van der Waals surface area contributed by atoms with Gasteiger partial charge in [0.15, 0.2) is 0 Å². The molecule has 1 aromatic carbocycles. The minimum absolute atomic E-state index is 0.948. The van der Waals surface area contributed by atoms with E-state index in [4.69, 9.17) is 0 Å². The van der Waals surface area contributed by atoms with Crippen molar-refractivity contribution < 1.29 is 0 Å². The predicted octanol–water partition coefficient (Wildman–Crippen LogP) is 3.28. The average molecular weight is 260 g/mol. The van der Waals surface area contributed by atoms with Crippen LogP contribution in [0, 0.1) is 0 Å². The summed E-state index contributed by atoms with van der Waals surface area (Å²) in [7, 11) is 0. The molecule has 72 valence electrons. The van der Waals surface area contributed by atoms with Crippen molar-refractivity contribution >= 4 is 27.7 Å². The highest BCUT2D eigenvalue weighted by molar-refractivity contribution is 9.10. The van der Waals surface area contributed by atoms with Gasteiger partial charge in [0, 0.05) is 15.9 Å². The molecule has 0 bridgehead atoms. The Hall–Kier alpha value is 0.01000. The van der Waals surface area contributed by atoms with E-state index in [1.807, 2.05) is 0 Å². The minimum atomic E-state index is 0.948. The van der Waals surface area contributed by atoms with E-state index in [0.717, 1.165) is 13.1 Å². The van der Waals surface area contributed by atoms with Gasteiger partial charge in [-0.3, -0.25) is 0 Å². The molecule has 0 heterocycles. The molecule has 0 unspecified atom stereocenters.